The number of fused-ring (bicyclic) bond motifs is 1. The molecule has 0 aliphatic carbocycles. The molecular weight excluding hydrogens is 728 g/mol. The van der Waals surface area contributed by atoms with E-state index in [0.717, 1.165) is 54.3 Å². The number of thiazole rings is 1. The minimum Gasteiger partial charge on any atom is -0.507 e. The van der Waals surface area contributed by atoms with E-state index < -0.39 is 0 Å². The molecule has 1 N–H and O–H groups in total. The van der Waals surface area contributed by atoms with Gasteiger partial charge in [-0.3, -0.25) is 4.98 Å². The number of hydrogen-bond acceptors (Lipinski definition) is 4. The second-order valence-electron chi connectivity index (χ2n) is 12.9. The van der Waals surface area contributed by atoms with Crippen LogP contribution in [-0.2, 0) is 31.9 Å². The van der Waals surface area contributed by atoms with Gasteiger partial charge in [0.15, 0.2) is 0 Å². The first-order chi connectivity index (χ1) is 20.0. The van der Waals surface area contributed by atoms with Crippen LogP contribution in [0.4, 0.5) is 0 Å². The fourth-order valence-corrected chi connectivity index (χ4v) is 6.17. The molecule has 3 nitrogen and oxygen atoms in total. The fraction of sp³-hybridized carbons (Fsp3) is 0.211. The van der Waals surface area contributed by atoms with E-state index in [1.54, 1.807) is 17.4 Å². The van der Waals surface area contributed by atoms with Gasteiger partial charge in [-0.15, -0.1) is 40.7 Å². The molecule has 6 rings (SSSR count). The molecular formula is C38H35N2OPtS-. The molecule has 220 valence electrons. The van der Waals surface area contributed by atoms with Crippen LogP contribution < -0.4 is 0 Å². The summed E-state index contributed by atoms with van der Waals surface area (Å²) in [6.45, 7) is 13.4. The van der Waals surface area contributed by atoms with Gasteiger partial charge in [-0.25, -0.2) is 4.98 Å². The molecule has 0 fully saturated rings. The summed E-state index contributed by atoms with van der Waals surface area (Å²) in [7, 11) is 0. The van der Waals surface area contributed by atoms with Crippen molar-refractivity contribution in [3.63, 3.8) is 0 Å². The zero-order valence-electron chi connectivity index (χ0n) is 25.3. The van der Waals surface area contributed by atoms with Crippen molar-refractivity contribution in [2.24, 2.45) is 0 Å². The Balaban J connectivity index is 0.00000368. The number of pyridine rings is 1. The zero-order chi connectivity index (χ0) is 29.6. The molecule has 0 aliphatic heterocycles. The zero-order valence-corrected chi connectivity index (χ0v) is 28.4. The van der Waals surface area contributed by atoms with E-state index >= 15 is 0 Å². The van der Waals surface area contributed by atoms with Crippen molar-refractivity contribution >= 4 is 21.6 Å². The summed E-state index contributed by atoms with van der Waals surface area (Å²) >= 11 is 1.62. The maximum atomic E-state index is 11.0. The van der Waals surface area contributed by atoms with E-state index in [2.05, 4.69) is 89.0 Å². The van der Waals surface area contributed by atoms with Gasteiger partial charge in [-0.1, -0.05) is 107 Å². The molecule has 2 heterocycles. The summed E-state index contributed by atoms with van der Waals surface area (Å²) in [5, 5.41) is 11.8. The molecule has 0 unspecified atom stereocenters. The first-order valence-electron chi connectivity index (χ1n) is 14.3. The Morgan fingerprint density at radius 1 is 0.674 bits per heavy atom. The van der Waals surface area contributed by atoms with Crippen LogP contribution in [0.15, 0.2) is 97.2 Å². The second kappa shape index (κ2) is 11.8. The second-order valence-corrected chi connectivity index (χ2v) is 13.9. The molecule has 2 aromatic heterocycles. The number of rotatable bonds is 4. The number of benzene rings is 4. The third kappa shape index (κ3) is 6.37. The quantitative estimate of drug-likeness (QED) is 0.182. The number of phenols is 1. The van der Waals surface area contributed by atoms with Gasteiger partial charge in [0.25, 0.3) is 0 Å². The third-order valence-corrected chi connectivity index (χ3v) is 8.70. The van der Waals surface area contributed by atoms with E-state index in [1.165, 1.54) is 11.1 Å². The summed E-state index contributed by atoms with van der Waals surface area (Å²) in [6, 6.07) is 34.7. The molecule has 0 atom stereocenters. The normalized spacial score (nSPS) is 11.9. The van der Waals surface area contributed by atoms with Gasteiger partial charge in [-0.05, 0) is 51.8 Å². The maximum absolute atomic E-state index is 11.0. The van der Waals surface area contributed by atoms with Crippen LogP contribution >= 0.6 is 11.3 Å². The Hall–Kier alpha value is -3.59. The standard InChI is InChI=1S/C38H35N2OS.Pt/c1-37(2,3)28-19-26(18-27(20-28)32-14-10-11-17-39-32)30-22-29(38(4,5)6)23-34-35(30)40-36(42-34)31-21-25(15-16-33(31)41)24-12-8-7-9-13-24;/h7-17,19-23,41H,1-6H3;/q-1;. The molecule has 0 spiro atoms. The summed E-state index contributed by atoms with van der Waals surface area (Å²) < 4.78 is 1.09. The summed E-state index contributed by atoms with van der Waals surface area (Å²) in [6.07, 6.45) is 1.83. The minimum absolute atomic E-state index is 0. The smallest absolute Gasteiger partial charge is 0.127 e. The molecule has 4 aromatic carbocycles. The number of nitrogens with zero attached hydrogens (tertiary/aromatic N) is 2. The predicted octanol–water partition coefficient (Wildman–Crippen LogP) is 10.5. The Morgan fingerprint density at radius 2 is 1.35 bits per heavy atom. The molecule has 0 saturated heterocycles. The monoisotopic (exact) mass is 762 g/mol. The Bertz CT molecular complexity index is 1900. The molecule has 43 heavy (non-hydrogen) atoms. The number of hydrogen-bond donors (Lipinski definition) is 1. The van der Waals surface area contributed by atoms with Crippen LogP contribution in [0.25, 0.3) is 54.3 Å². The van der Waals surface area contributed by atoms with E-state index in [1.807, 2.05) is 54.7 Å². The van der Waals surface area contributed by atoms with Crippen LogP contribution in [-0.4, -0.2) is 15.1 Å². The Morgan fingerprint density at radius 3 is 2.02 bits per heavy atom. The van der Waals surface area contributed by atoms with Crippen molar-refractivity contribution in [2.45, 2.75) is 52.4 Å². The topological polar surface area (TPSA) is 46.0 Å². The van der Waals surface area contributed by atoms with Crippen molar-refractivity contribution in [1.82, 2.24) is 9.97 Å². The van der Waals surface area contributed by atoms with Crippen molar-refractivity contribution in [3.8, 4) is 49.8 Å². The van der Waals surface area contributed by atoms with Crippen molar-refractivity contribution in [3.05, 3.63) is 114 Å². The average Bonchev–Trinajstić information content (AvgIpc) is 3.41. The van der Waals surface area contributed by atoms with Crippen molar-refractivity contribution < 1.29 is 26.2 Å². The minimum atomic E-state index is -0.0644. The molecule has 0 aliphatic rings. The van der Waals surface area contributed by atoms with Gasteiger partial charge in [0.2, 0.25) is 0 Å². The van der Waals surface area contributed by atoms with E-state index in [0.29, 0.717) is 0 Å². The van der Waals surface area contributed by atoms with Gasteiger partial charge in [0, 0.05) is 37.7 Å². The van der Waals surface area contributed by atoms with Crippen LogP contribution in [0.3, 0.4) is 0 Å². The molecule has 0 bridgehead atoms. The summed E-state index contributed by atoms with van der Waals surface area (Å²) in [5.74, 6) is 0.227. The number of phenolic OH excluding ortho intramolecular Hbond substituents is 1. The van der Waals surface area contributed by atoms with Gasteiger partial charge in [-0.2, -0.15) is 0 Å². The van der Waals surface area contributed by atoms with E-state index in [4.69, 9.17) is 4.98 Å². The molecule has 5 heteroatoms. The first kappa shape index (κ1) is 30.9. The maximum Gasteiger partial charge on any atom is 0.127 e. The molecule has 6 aromatic rings. The summed E-state index contributed by atoms with van der Waals surface area (Å²) in [4.78, 5) is 9.84. The van der Waals surface area contributed by atoms with E-state index in [9.17, 15) is 5.11 Å². The van der Waals surface area contributed by atoms with Crippen molar-refractivity contribution in [2.75, 3.05) is 0 Å². The van der Waals surface area contributed by atoms with Gasteiger partial charge >= 0.3 is 0 Å². The first-order valence-corrected chi connectivity index (χ1v) is 15.1. The van der Waals surface area contributed by atoms with Crippen LogP contribution in [0.2, 0.25) is 0 Å². The van der Waals surface area contributed by atoms with Crippen molar-refractivity contribution in [1.29, 1.82) is 0 Å². The van der Waals surface area contributed by atoms with Gasteiger partial charge in [0.1, 0.15) is 10.8 Å². The fourth-order valence-electron chi connectivity index (χ4n) is 5.11. The largest absolute Gasteiger partial charge is 0.507 e. The number of aromatic nitrogens is 2. The van der Waals surface area contributed by atoms with Gasteiger partial charge < -0.3 is 5.11 Å². The summed E-state index contributed by atoms with van der Waals surface area (Å²) in [5.41, 5.74) is 10.0. The Labute approximate surface area is 273 Å². The van der Waals surface area contributed by atoms with Crippen LogP contribution in [0, 0.1) is 6.07 Å². The van der Waals surface area contributed by atoms with Crippen LogP contribution in [0.1, 0.15) is 52.7 Å². The number of aromatic hydroxyl groups is 1. The van der Waals surface area contributed by atoms with Gasteiger partial charge in [0.05, 0.1) is 11.1 Å². The molecule has 0 amide bonds. The van der Waals surface area contributed by atoms with E-state index in [-0.39, 0.29) is 37.6 Å². The molecule has 0 saturated carbocycles. The SMILES string of the molecule is CC(C)(C)c1cc(-c2ccccn2)[c-]c(-c2cc(C(C)(C)C)cc3sc(-c4cc(-c5ccccc5)ccc4O)nc23)c1.[Pt]. The molecule has 0 radical (unpaired) electrons. The predicted molar refractivity (Wildman–Crippen MR) is 177 cm³/mol. The Kier molecular flexibility index (Phi) is 8.49. The average molecular weight is 763 g/mol. The van der Waals surface area contributed by atoms with Crippen LogP contribution in [0.5, 0.6) is 5.75 Å². The third-order valence-electron chi connectivity index (χ3n) is 7.66.